The van der Waals surface area contributed by atoms with Gasteiger partial charge in [0.15, 0.2) is 11.9 Å². The van der Waals surface area contributed by atoms with Crippen molar-refractivity contribution in [3.8, 4) is 11.8 Å². The molecule has 0 atom stereocenters. The van der Waals surface area contributed by atoms with E-state index >= 15 is 0 Å². The lowest BCUT2D eigenvalue weighted by molar-refractivity contribution is -0.697. The highest BCUT2D eigenvalue weighted by atomic mass is 35.5. The molecule has 4 heteroatoms. The van der Waals surface area contributed by atoms with Crippen molar-refractivity contribution < 1.29 is 22.1 Å². The van der Waals surface area contributed by atoms with Crippen molar-refractivity contribution in [3.63, 3.8) is 0 Å². The van der Waals surface area contributed by atoms with E-state index in [4.69, 9.17) is 5.26 Å². The molecule has 0 saturated heterocycles. The van der Waals surface area contributed by atoms with E-state index in [1.165, 1.54) is 0 Å². The number of pyridine rings is 1. The maximum absolute atomic E-state index is 9.19. The summed E-state index contributed by atoms with van der Waals surface area (Å²) >= 11 is 0. The number of hydrogen-bond donors (Lipinski definition) is 1. The van der Waals surface area contributed by atoms with Crippen molar-refractivity contribution >= 4 is 0 Å². The zero-order valence-corrected chi connectivity index (χ0v) is 9.32. The Bertz CT molecular complexity index is 323. The van der Waals surface area contributed by atoms with Crippen LogP contribution >= 0.6 is 0 Å². The van der Waals surface area contributed by atoms with E-state index in [9.17, 15) is 5.11 Å². The summed E-state index contributed by atoms with van der Waals surface area (Å²) in [5.74, 6) is 0.296. The zero-order valence-electron chi connectivity index (χ0n) is 8.56. The molecule has 82 valence electrons. The van der Waals surface area contributed by atoms with Gasteiger partial charge < -0.3 is 17.5 Å². The van der Waals surface area contributed by atoms with E-state index in [2.05, 4.69) is 6.07 Å². The molecule has 15 heavy (non-hydrogen) atoms. The fraction of sp³-hybridized carbons (Fsp3) is 0.455. The molecule has 1 aromatic rings. The first-order chi connectivity index (χ1) is 6.83. The lowest BCUT2D eigenvalue weighted by Gasteiger charge is -1.96. The minimum atomic E-state index is 0. The van der Waals surface area contributed by atoms with Crippen LogP contribution in [0.25, 0.3) is 0 Å². The quantitative estimate of drug-likeness (QED) is 0.505. The molecule has 0 radical (unpaired) electrons. The Kier molecular flexibility index (Phi) is 7.39. The van der Waals surface area contributed by atoms with Gasteiger partial charge in [0.05, 0.1) is 6.07 Å². The van der Waals surface area contributed by atoms with Crippen molar-refractivity contribution in [2.75, 3.05) is 0 Å². The molecule has 0 aromatic carbocycles. The summed E-state index contributed by atoms with van der Waals surface area (Å²) in [6.45, 7) is 0.903. The minimum absolute atomic E-state index is 0. The topological polar surface area (TPSA) is 47.9 Å². The van der Waals surface area contributed by atoms with E-state index in [0.29, 0.717) is 12.2 Å². The average molecular weight is 227 g/mol. The number of aromatic nitrogens is 1. The third-order valence-electron chi connectivity index (χ3n) is 2.05. The van der Waals surface area contributed by atoms with E-state index in [1.807, 2.05) is 16.8 Å². The Labute approximate surface area is 96.4 Å². The Morgan fingerprint density at radius 2 is 2.13 bits per heavy atom. The number of aromatic hydroxyl groups is 1. The first-order valence-corrected chi connectivity index (χ1v) is 4.88. The van der Waals surface area contributed by atoms with Crippen LogP contribution in [0.1, 0.15) is 25.7 Å². The van der Waals surface area contributed by atoms with Crippen LogP contribution in [0.2, 0.25) is 0 Å². The van der Waals surface area contributed by atoms with Crippen LogP contribution in [-0.2, 0) is 6.54 Å². The molecule has 1 heterocycles. The summed E-state index contributed by atoms with van der Waals surface area (Å²) < 4.78 is 1.96. The molecule has 0 aliphatic carbocycles. The second kappa shape index (κ2) is 8.07. The summed E-state index contributed by atoms with van der Waals surface area (Å²) in [7, 11) is 0. The molecule has 0 amide bonds. The molecule has 0 unspecified atom stereocenters. The largest absolute Gasteiger partial charge is 1.00 e. The molecule has 0 aliphatic heterocycles. The smallest absolute Gasteiger partial charge is 0.210 e. The first-order valence-electron chi connectivity index (χ1n) is 4.88. The van der Waals surface area contributed by atoms with E-state index in [1.54, 1.807) is 12.3 Å². The maximum Gasteiger partial charge on any atom is 0.210 e. The molecule has 0 fully saturated rings. The normalized spacial score (nSPS) is 9.00. The summed E-state index contributed by atoms with van der Waals surface area (Å²) in [6, 6.07) is 5.61. The maximum atomic E-state index is 9.19. The van der Waals surface area contributed by atoms with Gasteiger partial charge in [-0.1, -0.05) is 0 Å². The number of nitriles is 1. The highest BCUT2D eigenvalue weighted by Gasteiger charge is 2.00. The molecular formula is C11H15ClN2O. The SMILES string of the molecule is N#CCCCCC[n+]1cccc(O)c1.[Cl-]. The molecule has 1 aromatic heterocycles. The van der Waals surface area contributed by atoms with Crippen molar-refractivity contribution in [1.29, 1.82) is 5.26 Å². The van der Waals surface area contributed by atoms with Crippen molar-refractivity contribution in [3.05, 3.63) is 24.5 Å². The van der Waals surface area contributed by atoms with Crippen molar-refractivity contribution in [2.45, 2.75) is 32.2 Å². The van der Waals surface area contributed by atoms with Gasteiger partial charge in [-0.25, -0.2) is 4.57 Å². The third kappa shape index (κ3) is 5.92. The van der Waals surface area contributed by atoms with Crippen molar-refractivity contribution in [1.82, 2.24) is 0 Å². The van der Waals surface area contributed by atoms with E-state index in [0.717, 1.165) is 25.8 Å². The number of rotatable bonds is 5. The molecule has 1 rings (SSSR count). The second-order valence-electron chi connectivity index (χ2n) is 3.27. The van der Waals surface area contributed by atoms with E-state index in [-0.39, 0.29) is 12.4 Å². The van der Waals surface area contributed by atoms with Crippen LogP contribution in [-0.4, -0.2) is 5.11 Å². The highest BCUT2D eigenvalue weighted by molar-refractivity contribution is 5.09. The number of halogens is 1. The summed E-state index contributed by atoms with van der Waals surface area (Å²) in [4.78, 5) is 0. The molecular weight excluding hydrogens is 212 g/mol. The van der Waals surface area contributed by atoms with Gasteiger partial charge in [-0.15, -0.1) is 0 Å². The standard InChI is InChI=1S/C11H14N2O.ClH/c12-7-3-1-2-4-8-13-9-5-6-11(14)10-13;/h5-6,9-10H,1-4,8H2;1H. The predicted molar refractivity (Wildman–Crippen MR) is 52.4 cm³/mol. The number of aryl methyl sites for hydroxylation is 1. The molecule has 0 aliphatic rings. The van der Waals surface area contributed by atoms with Gasteiger partial charge in [0.1, 0.15) is 6.54 Å². The van der Waals surface area contributed by atoms with Crippen LogP contribution in [0.5, 0.6) is 5.75 Å². The molecule has 0 bridgehead atoms. The number of hydrogen-bond acceptors (Lipinski definition) is 2. The van der Waals surface area contributed by atoms with Crippen LogP contribution in [0.3, 0.4) is 0 Å². The molecule has 0 saturated carbocycles. The van der Waals surface area contributed by atoms with Crippen molar-refractivity contribution in [2.24, 2.45) is 0 Å². The van der Waals surface area contributed by atoms with Gasteiger partial charge in [0, 0.05) is 18.9 Å². The Morgan fingerprint density at radius 3 is 2.80 bits per heavy atom. The number of nitrogens with zero attached hydrogens (tertiary/aromatic N) is 2. The Balaban J connectivity index is 0.00000196. The molecule has 3 nitrogen and oxygen atoms in total. The van der Waals surface area contributed by atoms with Crippen LogP contribution in [0, 0.1) is 11.3 Å². The van der Waals surface area contributed by atoms with Crippen LogP contribution in [0.4, 0.5) is 0 Å². The Hall–Kier alpha value is -1.27. The molecule has 0 spiro atoms. The predicted octanol–water partition coefficient (Wildman–Crippen LogP) is -1.23. The third-order valence-corrected chi connectivity index (χ3v) is 2.05. The minimum Gasteiger partial charge on any atom is -1.00 e. The van der Waals surface area contributed by atoms with Gasteiger partial charge in [-0.3, -0.25) is 0 Å². The second-order valence-corrected chi connectivity index (χ2v) is 3.27. The Morgan fingerprint density at radius 1 is 1.33 bits per heavy atom. The van der Waals surface area contributed by atoms with Crippen LogP contribution in [0.15, 0.2) is 24.5 Å². The number of unbranched alkanes of at least 4 members (excludes halogenated alkanes) is 3. The fourth-order valence-corrected chi connectivity index (χ4v) is 1.32. The fourth-order valence-electron chi connectivity index (χ4n) is 1.32. The average Bonchev–Trinajstić information content (AvgIpc) is 2.18. The van der Waals surface area contributed by atoms with Gasteiger partial charge >= 0.3 is 0 Å². The van der Waals surface area contributed by atoms with Gasteiger partial charge in [-0.05, 0) is 18.9 Å². The monoisotopic (exact) mass is 226 g/mol. The van der Waals surface area contributed by atoms with Gasteiger partial charge in [0.2, 0.25) is 6.20 Å². The zero-order chi connectivity index (χ0) is 10.2. The summed E-state index contributed by atoms with van der Waals surface area (Å²) in [5, 5.41) is 17.5. The first kappa shape index (κ1) is 13.7. The summed E-state index contributed by atoms with van der Waals surface area (Å²) in [6.07, 6.45) is 7.38. The molecule has 1 N–H and O–H groups in total. The van der Waals surface area contributed by atoms with Crippen LogP contribution < -0.4 is 17.0 Å². The van der Waals surface area contributed by atoms with E-state index < -0.39 is 0 Å². The lowest BCUT2D eigenvalue weighted by atomic mass is 10.2. The van der Waals surface area contributed by atoms with Gasteiger partial charge in [-0.2, -0.15) is 5.26 Å². The summed E-state index contributed by atoms with van der Waals surface area (Å²) in [5.41, 5.74) is 0. The lowest BCUT2D eigenvalue weighted by Crippen LogP contribution is -3.00. The highest BCUT2D eigenvalue weighted by Crippen LogP contribution is 2.02. The van der Waals surface area contributed by atoms with Gasteiger partial charge in [0.25, 0.3) is 0 Å².